The normalized spacial score (nSPS) is 13.5. The zero-order chi connectivity index (χ0) is 29.6. The van der Waals surface area contributed by atoms with Crippen LogP contribution in [0.3, 0.4) is 0 Å². The Hall–Kier alpha value is -5.27. The van der Waals surface area contributed by atoms with Gasteiger partial charge in [0.05, 0.1) is 0 Å². The Balaban J connectivity index is 1.42. The van der Waals surface area contributed by atoms with Crippen LogP contribution in [0.4, 0.5) is 4.39 Å². The van der Waals surface area contributed by atoms with Gasteiger partial charge >= 0.3 is 0 Å². The van der Waals surface area contributed by atoms with Gasteiger partial charge in [-0.3, -0.25) is 0 Å². The summed E-state index contributed by atoms with van der Waals surface area (Å²) in [5, 5.41) is 9.87. The van der Waals surface area contributed by atoms with Gasteiger partial charge in [0.2, 0.25) is 0 Å². The number of halogens is 1. The molecule has 0 spiro atoms. The highest BCUT2D eigenvalue weighted by Crippen LogP contribution is 2.55. The van der Waals surface area contributed by atoms with Crippen LogP contribution in [-0.4, -0.2) is 0 Å². The fourth-order valence-electron chi connectivity index (χ4n) is 7.84. The van der Waals surface area contributed by atoms with Crippen LogP contribution < -0.4 is 0 Å². The minimum atomic E-state index is -0.331. The number of fused-ring (bicyclic) bond motifs is 8. The number of benzene rings is 8. The largest absolute Gasteiger partial charge is 0.207 e. The SMILES string of the molecule is CC1(C)c2cc(F)ccc2-c2c1cc(-c1c3ccccc3c(-c3ccc4ccccc4c3)c3ccccc13)c1ccccc21. The van der Waals surface area contributed by atoms with Gasteiger partial charge in [-0.05, 0) is 112 Å². The van der Waals surface area contributed by atoms with E-state index in [0.717, 1.165) is 11.1 Å². The molecular formula is C43H29F. The lowest BCUT2D eigenvalue weighted by molar-refractivity contribution is 0.609. The molecule has 9 rings (SSSR count). The molecule has 44 heavy (non-hydrogen) atoms. The summed E-state index contributed by atoms with van der Waals surface area (Å²) in [6.45, 7) is 4.46. The third kappa shape index (κ3) is 3.44. The third-order valence-corrected chi connectivity index (χ3v) is 9.88. The van der Waals surface area contributed by atoms with Crippen molar-refractivity contribution in [1.82, 2.24) is 0 Å². The third-order valence-electron chi connectivity index (χ3n) is 9.88. The van der Waals surface area contributed by atoms with Crippen LogP contribution >= 0.6 is 0 Å². The summed E-state index contributed by atoms with van der Waals surface area (Å²) in [5.41, 5.74) is 9.29. The Kier molecular flexibility index (Phi) is 5.23. The van der Waals surface area contributed by atoms with Crippen molar-refractivity contribution in [2.75, 3.05) is 0 Å². The van der Waals surface area contributed by atoms with Crippen LogP contribution in [0.25, 0.3) is 76.5 Å². The van der Waals surface area contributed by atoms with Crippen molar-refractivity contribution in [3.05, 3.63) is 156 Å². The van der Waals surface area contributed by atoms with Crippen molar-refractivity contribution in [1.29, 1.82) is 0 Å². The van der Waals surface area contributed by atoms with Gasteiger partial charge in [0.1, 0.15) is 5.82 Å². The molecule has 0 radical (unpaired) electrons. The van der Waals surface area contributed by atoms with E-state index in [4.69, 9.17) is 0 Å². The summed E-state index contributed by atoms with van der Waals surface area (Å²) in [4.78, 5) is 0. The van der Waals surface area contributed by atoms with Gasteiger partial charge in [-0.1, -0.05) is 129 Å². The number of rotatable bonds is 2. The predicted octanol–water partition coefficient (Wildman–Crippen LogP) is 12.1. The molecule has 0 atom stereocenters. The highest BCUT2D eigenvalue weighted by Gasteiger charge is 2.37. The molecule has 1 aliphatic carbocycles. The second kappa shape index (κ2) is 9.11. The molecule has 0 saturated carbocycles. The van der Waals surface area contributed by atoms with E-state index in [0.29, 0.717) is 0 Å². The Morgan fingerprint density at radius 3 is 1.61 bits per heavy atom. The summed E-state index contributed by atoms with van der Waals surface area (Å²) >= 11 is 0. The smallest absolute Gasteiger partial charge is 0.123 e. The molecule has 0 heterocycles. The lowest BCUT2D eigenvalue weighted by atomic mass is 9.79. The molecule has 0 nitrogen and oxygen atoms in total. The lowest BCUT2D eigenvalue weighted by Gasteiger charge is -2.24. The van der Waals surface area contributed by atoms with Gasteiger partial charge in [0.25, 0.3) is 0 Å². The molecule has 0 bridgehead atoms. The van der Waals surface area contributed by atoms with Crippen LogP contribution in [0.2, 0.25) is 0 Å². The van der Waals surface area contributed by atoms with Gasteiger partial charge in [-0.2, -0.15) is 0 Å². The minimum absolute atomic E-state index is 0.185. The second-order valence-corrected chi connectivity index (χ2v) is 12.6. The zero-order valence-electron chi connectivity index (χ0n) is 24.7. The molecule has 208 valence electrons. The van der Waals surface area contributed by atoms with E-state index in [1.165, 1.54) is 76.5 Å². The zero-order valence-corrected chi connectivity index (χ0v) is 24.7. The van der Waals surface area contributed by atoms with Crippen LogP contribution in [0.1, 0.15) is 25.0 Å². The fourth-order valence-corrected chi connectivity index (χ4v) is 7.84. The molecule has 8 aromatic rings. The van der Waals surface area contributed by atoms with Gasteiger partial charge < -0.3 is 0 Å². The van der Waals surface area contributed by atoms with Crippen molar-refractivity contribution in [2.45, 2.75) is 19.3 Å². The van der Waals surface area contributed by atoms with E-state index in [1.54, 1.807) is 12.1 Å². The summed E-state index contributed by atoms with van der Waals surface area (Å²) < 4.78 is 14.6. The molecule has 1 heteroatoms. The highest BCUT2D eigenvalue weighted by molar-refractivity contribution is 6.24. The van der Waals surface area contributed by atoms with Gasteiger partial charge in [0, 0.05) is 5.41 Å². The van der Waals surface area contributed by atoms with Gasteiger partial charge in [-0.25, -0.2) is 4.39 Å². The maximum Gasteiger partial charge on any atom is 0.123 e. The molecule has 0 amide bonds. The Morgan fingerprint density at radius 2 is 0.955 bits per heavy atom. The maximum absolute atomic E-state index is 14.6. The maximum atomic E-state index is 14.6. The lowest BCUT2D eigenvalue weighted by Crippen LogP contribution is -2.15. The Morgan fingerprint density at radius 1 is 0.409 bits per heavy atom. The minimum Gasteiger partial charge on any atom is -0.207 e. The van der Waals surface area contributed by atoms with Crippen LogP contribution in [0.15, 0.2) is 140 Å². The Labute approximate surface area is 256 Å². The van der Waals surface area contributed by atoms with Crippen LogP contribution in [0, 0.1) is 5.82 Å². The fraction of sp³-hybridized carbons (Fsp3) is 0.0698. The molecule has 1 aliphatic rings. The summed E-state index contributed by atoms with van der Waals surface area (Å²) in [6.07, 6.45) is 0. The summed E-state index contributed by atoms with van der Waals surface area (Å²) in [5.74, 6) is -0.185. The van der Waals surface area contributed by atoms with Gasteiger partial charge in [0.15, 0.2) is 0 Å². The first-order valence-electron chi connectivity index (χ1n) is 15.3. The predicted molar refractivity (Wildman–Crippen MR) is 185 cm³/mol. The molecule has 0 fully saturated rings. The molecule has 0 aromatic heterocycles. The average molecular weight is 565 g/mol. The molecule has 0 saturated heterocycles. The van der Waals surface area contributed by atoms with E-state index in [-0.39, 0.29) is 11.2 Å². The Bertz CT molecular complexity index is 2420. The van der Waals surface area contributed by atoms with E-state index in [9.17, 15) is 4.39 Å². The average Bonchev–Trinajstić information content (AvgIpc) is 3.28. The van der Waals surface area contributed by atoms with E-state index in [1.807, 2.05) is 6.07 Å². The van der Waals surface area contributed by atoms with Crippen molar-refractivity contribution in [3.8, 4) is 33.4 Å². The second-order valence-electron chi connectivity index (χ2n) is 12.6. The van der Waals surface area contributed by atoms with Crippen molar-refractivity contribution in [3.63, 3.8) is 0 Å². The topological polar surface area (TPSA) is 0 Å². The first-order chi connectivity index (χ1) is 21.5. The van der Waals surface area contributed by atoms with Crippen molar-refractivity contribution >= 4 is 43.1 Å². The number of hydrogen-bond acceptors (Lipinski definition) is 0. The number of hydrogen-bond donors (Lipinski definition) is 0. The van der Waals surface area contributed by atoms with E-state index in [2.05, 4.69) is 135 Å². The van der Waals surface area contributed by atoms with Gasteiger partial charge in [-0.15, -0.1) is 0 Å². The van der Waals surface area contributed by atoms with Crippen molar-refractivity contribution in [2.24, 2.45) is 0 Å². The molecule has 0 aliphatic heterocycles. The summed E-state index contributed by atoms with van der Waals surface area (Å²) in [6, 6.07) is 49.6. The van der Waals surface area contributed by atoms with E-state index < -0.39 is 0 Å². The molecule has 0 N–H and O–H groups in total. The quantitative estimate of drug-likeness (QED) is 0.183. The van der Waals surface area contributed by atoms with Crippen molar-refractivity contribution < 1.29 is 4.39 Å². The van der Waals surface area contributed by atoms with Crippen LogP contribution in [0.5, 0.6) is 0 Å². The standard InChI is InChI=1S/C43H29F/c1-43(2)38-24-29(44)21-22-36(38)42-31-14-6-5-13-30(31)37(25-39(42)43)41-34-17-9-7-15-32(34)40(33-16-8-10-18-35(33)41)28-20-19-26-11-3-4-12-27(26)23-28/h3-25H,1-2H3. The first kappa shape index (κ1) is 25.2. The molecule has 8 aromatic carbocycles. The molecular weight excluding hydrogens is 535 g/mol. The molecule has 0 unspecified atom stereocenters. The first-order valence-corrected chi connectivity index (χ1v) is 15.3. The summed E-state index contributed by atoms with van der Waals surface area (Å²) in [7, 11) is 0. The highest BCUT2D eigenvalue weighted by atomic mass is 19.1. The monoisotopic (exact) mass is 564 g/mol. The van der Waals surface area contributed by atoms with E-state index >= 15 is 0 Å². The van der Waals surface area contributed by atoms with Crippen LogP contribution in [-0.2, 0) is 5.41 Å².